The van der Waals surface area contributed by atoms with Crippen molar-refractivity contribution in [1.29, 1.82) is 0 Å². The lowest BCUT2D eigenvalue weighted by Crippen LogP contribution is -2.56. The third-order valence-electron chi connectivity index (χ3n) is 7.27. The molecule has 0 bridgehead atoms. The van der Waals surface area contributed by atoms with E-state index in [4.69, 9.17) is 16.3 Å². The first-order chi connectivity index (χ1) is 21.8. The average Bonchev–Trinajstić information content (AvgIpc) is 3.01. The standard InChI is InChI=1S/C36H40ClN3O5S/c1-26-18-20-30(21-19-26)46(43,44)40(32-17-10-9-16-31(32)37)25-34(41)39(24-28-14-11-15-29(22-28)45-5)33(35(42)38-36(2,3)4)23-27-12-7-6-8-13-27/h6-22,33H,23-25H2,1-5H3,(H,38,42)/t33-/m0/s1. The lowest BCUT2D eigenvalue weighted by molar-refractivity contribution is -0.140. The molecule has 4 rings (SSSR count). The number of ether oxygens (including phenoxy) is 1. The van der Waals surface area contributed by atoms with E-state index >= 15 is 0 Å². The smallest absolute Gasteiger partial charge is 0.264 e. The second-order valence-corrected chi connectivity index (χ2v) is 14.4. The van der Waals surface area contributed by atoms with Gasteiger partial charge in [0.2, 0.25) is 11.8 Å². The molecular formula is C36H40ClN3O5S. The van der Waals surface area contributed by atoms with Gasteiger partial charge in [-0.15, -0.1) is 0 Å². The lowest BCUT2D eigenvalue weighted by Gasteiger charge is -2.35. The van der Waals surface area contributed by atoms with Crippen molar-refractivity contribution >= 4 is 39.1 Å². The van der Waals surface area contributed by atoms with E-state index in [1.165, 1.54) is 17.0 Å². The Kier molecular flexibility index (Phi) is 11.1. The van der Waals surface area contributed by atoms with Crippen LogP contribution in [-0.4, -0.2) is 50.4 Å². The summed E-state index contributed by atoms with van der Waals surface area (Å²) in [5, 5.41) is 3.19. The summed E-state index contributed by atoms with van der Waals surface area (Å²) in [5.74, 6) is -0.356. The highest BCUT2D eigenvalue weighted by Gasteiger charge is 2.36. The highest BCUT2D eigenvalue weighted by Crippen LogP contribution is 2.31. The van der Waals surface area contributed by atoms with Gasteiger partial charge in [0.05, 0.1) is 22.7 Å². The molecule has 0 aliphatic heterocycles. The number of nitrogens with one attached hydrogen (secondary N) is 1. The highest BCUT2D eigenvalue weighted by atomic mass is 35.5. The van der Waals surface area contributed by atoms with Gasteiger partial charge in [-0.3, -0.25) is 13.9 Å². The molecule has 0 aliphatic rings. The predicted molar refractivity (Wildman–Crippen MR) is 183 cm³/mol. The number of sulfonamides is 1. The largest absolute Gasteiger partial charge is 0.497 e. The summed E-state index contributed by atoms with van der Waals surface area (Å²) in [6, 6.07) is 28.5. The molecule has 1 N–H and O–H groups in total. The molecule has 0 saturated carbocycles. The van der Waals surface area contributed by atoms with Gasteiger partial charge in [-0.25, -0.2) is 8.42 Å². The fraction of sp³-hybridized carbons (Fsp3) is 0.278. The number of anilines is 1. The molecule has 0 fully saturated rings. The van der Waals surface area contributed by atoms with Crippen LogP contribution in [0, 0.1) is 6.92 Å². The number of aryl methyl sites for hydroxylation is 1. The Morgan fingerprint density at radius 1 is 0.870 bits per heavy atom. The number of rotatable bonds is 12. The minimum Gasteiger partial charge on any atom is -0.497 e. The fourth-order valence-electron chi connectivity index (χ4n) is 4.98. The summed E-state index contributed by atoms with van der Waals surface area (Å²) < 4.78 is 34.8. The summed E-state index contributed by atoms with van der Waals surface area (Å²) in [4.78, 5) is 30.0. The van der Waals surface area contributed by atoms with Crippen LogP contribution >= 0.6 is 11.6 Å². The Morgan fingerprint density at radius 2 is 1.50 bits per heavy atom. The number of para-hydroxylation sites is 1. The van der Waals surface area contributed by atoms with Crippen LogP contribution in [-0.2, 0) is 32.6 Å². The van der Waals surface area contributed by atoms with Gasteiger partial charge in [-0.2, -0.15) is 0 Å². The van der Waals surface area contributed by atoms with Gasteiger partial charge < -0.3 is 15.0 Å². The van der Waals surface area contributed by atoms with Crippen LogP contribution in [0.25, 0.3) is 0 Å². The molecule has 0 spiro atoms. The maximum absolute atomic E-state index is 14.6. The maximum atomic E-state index is 14.6. The zero-order valence-electron chi connectivity index (χ0n) is 26.7. The molecule has 0 heterocycles. The zero-order chi connectivity index (χ0) is 33.5. The predicted octanol–water partition coefficient (Wildman–Crippen LogP) is 6.41. The molecule has 0 aliphatic carbocycles. The first kappa shape index (κ1) is 34.5. The molecule has 4 aromatic carbocycles. The van der Waals surface area contributed by atoms with Gasteiger partial charge in [-0.05, 0) is 75.2 Å². The Balaban J connectivity index is 1.84. The molecule has 0 saturated heterocycles. The number of nitrogens with zero attached hydrogens (tertiary/aromatic N) is 2. The average molecular weight is 662 g/mol. The molecule has 8 nitrogen and oxygen atoms in total. The SMILES string of the molecule is COc1cccc(CN(C(=O)CN(c2ccccc2Cl)S(=O)(=O)c2ccc(C)cc2)[C@@H](Cc2ccccc2)C(=O)NC(C)(C)C)c1. The van der Waals surface area contributed by atoms with Crippen molar-refractivity contribution in [1.82, 2.24) is 10.2 Å². The van der Waals surface area contributed by atoms with E-state index in [9.17, 15) is 18.0 Å². The van der Waals surface area contributed by atoms with Crippen molar-refractivity contribution in [3.05, 3.63) is 125 Å². The van der Waals surface area contributed by atoms with Crippen LogP contribution in [0.3, 0.4) is 0 Å². The molecule has 0 unspecified atom stereocenters. The Hall–Kier alpha value is -4.34. The molecule has 2 amide bonds. The van der Waals surface area contributed by atoms with Crippen molar-refractivity contribution < 1.29 is 22.7 Å². The van der Waals surface area contributed by atoms with Crippen molar-refractivity contribution in [2.45, 2.75) is 57.1 Å². The van der Waals surface area contributed by atoms with E-state index < -0.39 is 34.1 Å². The van der Waals surface area contributed by atoms with Crippen LogP contribution in [0.2, 0.25) is 5.02 Å². The van der Waals surface area contributed by atoms with Gasteiger partial charge >= 0.3 is 0 Å². The van der Waals surface area contributed by atoms with E-state index in [-0.39, 0.29) is 34.5 Å². The Labute approximate surface area is 277 Å². The van der Waals surface area contributed by atoms with Crippen molar-refractivity contribution in [2.75, 3.05) is 18.0 Å². The first-order valence-electron chi connectivity index (χ1n) is 14.9. The van der Waals surface area contributed by atoms with Gasteiger partial charge in [-0.1, -0.05) is 83.9 Å². The molecule has 4 aromatic rings. The number of hydrogen-bond donors (Lipinski definition) is 1. The molecule has 46 heavy (non-hydrogen) atoms. The van der Waals surface area contributed by atoms with Crippen molar-refractivity contribution in [3.63, 3.8) is 0 Å². The second kappa shape index (κ2) is 14.8. The van der Waals surface area contributed by atoms with E-state index in [2.05, 4.69) is 5.32 Å². The van der Waals surface area contributed by atoms with Crippen LogP contribution < -0.4 is 14.4 Å². The summed E-state index contributed by atoms with van der Waals surface area (Å²) >= 11 is 6.55. The van der Waals surface area contributed by atoms with E-state index in [1.54, 1.807) is 61.7 Å². The van der Waals surface area contributed by atoms with Gasteiger partial charge in [0, 0.05) is 18.5 Å². The highest BCUT2D eigenvalue weighted by molar-refractivity contribution is 7.92. The monoisotopic (exact) mass is 661 g/mol. The normalized spacial score (nSPS) is 12.2. The quantitative estimate of drug-likeness (QED) is 0.189. The van der Waals surface area contributed by atoms with Crippen LogP contribution in [0.1, 0.15) is 37.5 Å². The van der Waals surface area contributed by atoms with Crippen molar-refractivity contribution in [3.8, 4) is 5.75 Å². The number of halogens is 1. The first-order valence-corrected chi connectivity index (χ1v) is 16.7. The molecule has 0 aromatic heterocycles. The minimum absolute atomic E-state index is 0.0106. The summed E-state index contributed by atoms with van der Waals surface area (Å²) in [5.41, 5.74) is 2.00. The third kappa shape index (κ3) is 8.89. The van der Waals surface area contributed by atoms with Gasteiger partial charge in [0.15, 0.2) is 0 Å². The maximum Gasteiger partial charge on any atom is 0.264 e. The number of methoxy groups -OCH3 is 1. The van der Waals surface area contributed by atoms with Crippen molar-refractivity contribution in [2.24, 2.45) is 0 Å². The number of carbonyl (C=O) groups excluding carboxylic acids is 2. The van der Waals surface area contributed by atoms with Gasteiger partial charge in [0.25, 0.3) is 10.0 Å². The summed E-state index contributed by atoms with van der Waals surface area (Å²) in [6.07, 6.45) is 0.204. The molecule has 0 radical (unpaired) electrons. The summed E-state index contributed by atoms with van der Waals surface area (Å²) in [7, 11) is -2.71. The van der Waals surface area contributed by atoms with E-state index in [1.807, 2.05) is 64.1 Å². The van der Waals surface area contributed by atoms with Crippen LogP contribution in [0.15, 0.2) is 108 Å². The zero-order valence-corrected chi connectivity index (χ0v) is 28.3. The molecular weight excluding hydrogens is 622 g/mol. The van der Waals surface area contributed by atoms with E-state index in [0.717, 1.165) is 15.4 Å². The molecule has 1 atom stereocenters. The number of carbonyl (C=O) groups is 2. The number of amides is 2. The Morgan fingerprint density at radius 3 is 2.13 bits per heavy atom. The fourth-order valence-corrected chi connectivity index (χ4v) is 6.70. The second-order valence-electron chi connectivity index (χ2n) is 12.1. The summed E-state index contributed by atoms with van der Waals surface area (Å²) in [6.45, 7) is 6.88. The van der Waals surface area contributed by atoms with Gasteiger partial charge in [0.1, 0.15) is 18.3 Å². The third-order valence-corrected chi connectivity index (χ3v) is 9.36. The van der Waals surface area contributed by atoms with Crippen LogP contribution in [0.5, 0.6) is 5.75 Å². The topological polar surface area (TPSA) is 96.0 Å². The van der Waals surface area contributed by atoms with Crippen LogP contribution in [0.4, 0.5) is 5.69 Å². The lowest BCUT2D eigenvalue weighted by atomic mass is 10.0. The number of hydrogen-bond acceptors (Lipinski definition) is 5. The van der Waals surface area contributed by atoms with E-state index in [0.29, 0.717) is 11.3 Å². The molecule has 242 valence electrons. The number of benzene rings is 4. The molecule has 10 heteroatoms. The minimum atomic E-state index is -4.26. The Bertz CT molecular complexity index is 1760.